The van der Waals surface area contributed by atoms with Crippen LogP contribution in [0.15, 0.2) is 64.1 Å². The second-order valence-electron chi connectivity index (χ2n) is 5.40. The van der Waals surface area contributed by atoms with Crippen molar-refractivity contribution < 1.29 is 27.1 Å². The van der Waals surface area contributed by atoms with Gasteiger partial charge in [0, 0.05) is 17.5 Å². The Kier molecular flexibility index (Phi) is 5.24. The molecule has 0 saturated heterocycles. The number of nitrogens with one attached hydrogen (secondary N) is 1. The van der Waals surface area contributed by atoms with Crippen molar-refractivity contribution in [3.63, 3.8) is 0 Å². The molecule has 0 fully saturated rings. The molecule has 0 amide bonds. The number of hydrogen-bond acceptors (Lipinski definition) is 6. The molecule has 136 valence electrons. The van der Waals surface area contributed by atoms with Crippen LogP contribution >= 0.6 is 0 Å². The quantitative estimate of drug-likeness (QED) is 0.638. The zero-order valence-electron chi connectivity index (χ0n) is 14.0. The Bertz CT molecular complexity index is 1010. The van der Waals surface area contributed by atoms with Crippen LogP contribution in [0, 0.1) is 0 Å². The van der Waals surface area contributed by atoms with E-state index in [4.69, 9.17) is 9.15 Å². The number of furan rings is 1. The number of hydrogen-bond donors (Lipinski definition) is 1. The third kappa shape index (κ3) is 3.87. The molecule has 3 aromatic rings. The van der Waals surface area contributed by atoms with Gasteiger partial charge in [-0.05, 0) is 18.2 Å². The van der Waals surface area contributed by atoms with E-state index in [1.54, 1.807) is 36.4 Å². The number of esters is 1. The summed E-state index contributed by atoms with van der Waals surface area (Å²) in [5.74, 6) is -0.130. The summed E-state index contributed by atoms with van der Waals surface area (Å²) >= 11 is 0. The lowest BCUT2D eigenvalue weighted by molar-refractivity contribution is -0.142. The number of benzene rings is 2. The van der Waals surface area contributed by atoms with Gasteiger partial charge in [-0.1, -0.05) is 30.3 Å². The van der Waals surface area contributed by atoms with E-state index in [1.807, 2.05) is 0 Å². The summed E-state index contributed by atoms with van der Waals surface area (Å²) < 4.78 is 42.6. The van der Waals surface area contributed by atoms with Gasteiger partial charge in [0.25, 0.3) is 0 Å². The molecule has 0 unspecified atom stereocenters. The molecule has 0 radical (unpaired) electrons. The predicted molar refractivity (Wildman–Crippen MR) is 94.2 cm³/mol. The van der Waals surface area contributed by atoms with Gasteiger partial charge in [0.05, 0.1) is 18.3 Å². The average Bonchev–Trinajstić information content (AvgIpc) is 3.09. The predicted octanol–water partition coefficient (Wildman–Crippen LogP) is 2.46. The van der Waals surface area contributed by atoms with E-state index in [0.29, 0.717) is 22.3 Å². The van der Waals surface area contributed by atoms with Crippen molar-refractivity contribution in [3.8, 4) is 5.75 Å². The molecule has 0 spiro atoms. The normalized spacial score (nSPS) is 11.4. The molecule has 0 saturated carbocycles. The molecule has 1 N–H and O–H groups in total. The number of ether oxygens (including phenoxy) is 2. The summed E-state index contributed by atoms with van der Waals surface area (Å²) in [5.41, 5.74) is 1.09. The Balaban J connectivity index is 1.78. The van der Waals surface area contributed by atoms with Crippen LogP contribution < -0.4 is 9.46 Å². The molecule has 0 aliphatic heterocycles. The van der Waals surface area contributed by atoms with E-state index < -0.39 is 16.0 Å². The topological polar surface area (TPSA) is 94.8 Å². The lowest BCUT2D eigenvalue weighted by Crippen LogP contribution is -2.23. The second-order valence-corrected chi connectivity index (χ2v) is 7.16. The summed E-state index contributed by atoms with van der Waals surface area (Å²) in [7, 11) is -2.35. The van der Waals surface area contributed by atoms with Crippen molar-refractivity contribution in [2.24, 2.45) is 0 Å². The molecule has 8 heteroatoms. The Morgan fingerprint density at radius 2 is 1.88 bits per heavy atom. The standard InChI is InChI=1S/C18H17NO6S/c1-23-17(20)12-24-16-9-5-8-15-13(11-25-18(15)16)10-19-26(21,22)14-6-3-2-4-7-14/h2-9,11,19H,10,12H2,1H3. The Hall–Kier alpha value is -2.84. The number of carbonyl (C=O) groups is 1. The maximum atomic E-state index is 12.3. The van der Waals surface area contributed by atoms with Crippen LogP contribution in [0.25, 0.3) is 11.0 Å². The van der Waals surface area contributed by atoms with Crippen LogP contribution in [0.1, 0.15) is 5.56 Å². The molecular weight excluding hydrogens is 358 g/mol. The van der Waals surface area contributed by atoms with Crippen LogP contribution in [-0.4, -0.2) is 28.1 Å². The highest BCUT2D eigenvalue weighted by Gasteiger charge is 2.16. The Morgan fingerprint density at radius 1 is 1.12 bits per heavy atom. The number of rotatable bonds is 7. The number of sulfonamides is 1. The number of carbonyl (C=O) groups excluding carboxylic acids is 1. The monoisotopic (exact) mass is 375 g/mol. The molecule has 0 aliphatic carbocycles. The minimum absolute atomic E-state index is 0.0602. The molecule has 26 heavy (non-hydrogen) atoms. The lowest BCUT2D eigenvalue weighted by atomic mass is 10.2. The summed E-state index contributed by atoms with van der Waals surface area (Å²) in [6.45, 7) is -0.184. The molecule has 2 aromatic carbocycles. The molecule has 7 nitrogen and oxygen atoms in total. The molecule has 0 aliphatic rings. The number of methoxy groups -OCH3 is 1. The third-order valence-corrected chi connectivity index (χ3v) is 5.14. The smallest absolute Gasteiger partial charge is 0.343 e. The first-order chi connectivity index (χ1) is 12.5. The maximum absolute atomic E-state index is 12.3. The molecule has 1 heterocycles. The van der Waals surface area contributed by atoms with Gasteiger partial charge in [0.1, 0.15) is 0 Å². The van der Waals surface area contributed by atoms with E-state index in [0.717, 1.165) is 0 Å². The summed E-state index contributed by atoms with van der Waals surface area (Å²) in [6, 6.07) is 13.3. The number of para-hydroxylation sites is 1. The molecule has 0 bridgehead atoms. The SMILES string of the molecule is COC(=O)COc1cccc2c(CNS(=O)(=O)c3ccccc3)coc12. The van der Waals surface area contributed by atoms with Gasteiger partial charge in [-0.15, -0.1) is 0 Å². The molecule has 1 aromatic heterocycles. The Labute approximate surface area is 150 Å². The molecule has 0 atom stereocenters. The summed E-state index contributed by atoms with van der Waals surface area (Å²) in [6.07, 6.45) is 1.46. The van der Waals surface area contributed by atoms with Crippen molar-refractivity contribution in [2.45, 2.75) is 11.4 Å². The van der Waals surface area contributed by atoms with Gasteiger partial charge in [-0.25, -0.2) is 17.9 Å². The molecular formula is C18H17NO6S. The van der Waals surface area contributed by atoms with Crippen molar-refractivity contribution in [1.82, 2.24) is 4.72 Å². The van der Waals surface area contributed by atoms with Crippen LogP contribution in [0.4, 0.5) is 0 Å². The highest BCUT2D eigenvalue weighted by molar-refractivity contribution is 7.89. The first-order valence-corrected chi connectivity index (χ1v) is 9.23. The lowest BCUT2D eigenvalue weighted by Gasteiger charge is -2.06. The van der Waals surface area contributed by atoms with Gasteiger partial charge in [-0.2, -0.15) is 0 Å². The fourth-order valence-corrected chi connectivity index (χ4v) is 3.41. The fourth-order valence-electron chi connectivity index (χ4n) is 2.39. The minimum atomic E-state index is -3.62. The van der Waals surface area contributed by atoms with Gasteiger partial charge >= 0.3 is 5.97 Å². The van der Waals surface area contributed by atoms with Crippen molar-refractivity contribution in [1.29, 1.82) is 0 Å². The summed E-state index contributed by atoms with van der Waals surface area (Å²) in [4.78, 5) is 11.4. The molecule has 3 rings (SSSR count). The zero-order chi connectivity index (χ0) is 18.6. The van der Waals surface area contributed by atoms with Gasteiger partial charge in [-0.3, -0.25) is 0 Å². The second kappa shape index (κ2) is 7.59. The van der Waals surface area contributed by atoms with Crippen molar-refractivity contribution in [2.75, 3.05) is 13.7 Å². The fraction of sp³-hybridized carbons (Fsp3) is 0.167. The van der Waals surface area contributed by atoms with Crippen LogP contribution in [0.5, 0.6) is 5.75 Å². The minimum Gasteiger partial charge on any atom is -0.478 e. The van der Waals surface area contributed by atoms with Crippen LogP contribution in [0.2, 0.25) is 0 Å². The van der Waals surface area contributed by atoms with Gasteiger partial charge < -0.3 is 13.9 Å². The maximum Gasteiger partial charge on any atom is 0.343 e. The van der Waals surface area contributed by atoms with Crippen molar-refractivity contribution in [3.05, 3.63) is 60.4 Å². The average molecular weight is 375 g/mol. The van der Waals surface area contributed by atoms with Crippen molar-refractivity contribution >= 4 is 27.0 Å². The van der Waals surface area contributed by atoms with Gasteiger partial charge in [0.2, 0.25) is 10.0 Å². The highest BCUT2D eigenvalue weighted by Crippen LogP contribution is 2.30. The van der Waals surface area contributed by atoms with Gasteiger partial charge in [0.15, 0.2) is 17.9 Å². The van der Waals surface area contributed by atoms with E-state index in [9.17, 15) is 13.2 Å². The van der Waals surface area contributed by atoms with E-state index in [2.05, 4.69) is 9.46 Å². The number of fused-ring (bicyclic) bond motifs is 1. The summed E-state index contributed by atoms with van der Waals surface area (Å²) in [5, 5.41) is 0.697. The highest BCUT2D eigenvalue weighted by atomic mass is 32.2. The zero-order valence-corrected chi connectivity index (χ0v) is 14.8. The van der Waals surface area contributed by atoms with Crippen LogP contribution in [-0.2, 0) is 26.1 Å². The van der Waals surface area contributed by atoms with Crippen LogP contribution in [0.3, 0.4) is 0 Å². The Morgan fingerprint density at radius 3 is 2.62 bits per heavy atom. The first-order valence-electron chi connectivity index (χ1n) is 7.74. The largest absolute Gasteiger partial charge is 0.478 e. The van der Waals surface area contributed by atoms with E-state index in [-0.39, 0.29) is 18.0 Å². The first kappa shape index (κ1) is 18.0. The third-order valence-electron chi connectivity index (χ3n) is 3.72. The van der Waals surface area contributed by atoms with E-state index >= 15 is 0 Å². The van der Waals surface area contributed by atoms with E-state index in [1.165, 1.54) is 25.5 Å².